The van der Waals surface area contributed by atoms with Crippen molar-refractivity contribution in [2.45, 2.75) is 52.2 Å². The van der Waals surface area contributed by atoms with E-state index in [1.54, 1.807) is 7.11 Å². The lowest BCUT2D eigenvalue weighted by molar-refractivity contribution is -0.0000793. The smallest absolute Gasteiger partial charge is 0.0572 e. The van der Waals surface area contributed by atoms with Crippen LogP contribution in [-0.2, 0) is 4.84 Å². The van der Waals surface area contributed by atoms with Gasteiger partial charge in [-0.3, -0.25) is 0 Å². The molecule has 0 aliphatic carbocycles. The molecule has 0 aliphatic heterocycles. The topological polar surface area (TPSA) is 41.5 Å². The fourth-order valence-electron chi connectivity index (χ4n) is 1.53. The van der Waals surface area contributed by atoms with E-state index in [9.17, 15) is 5.11 Å². The molecule has 0 spiro atoms. The summed E-state index contributed by atoms with van der Waals surface area (Å²) in [6, 6.07) is 0. The molecule has 0 fully saturated rings. The number of hydroxylamine groups is 1. The minimum absolute atomic E-state index is 0.164. The summed E-state index contributed by atoms with van der Waals surface area (Å²) in [6.45, 7) is 8.25. The summed E-state index contributed by atoms with van der Waals surface area (Å²) < 4.78 is 0. The Morgan fingerprint density at radius 1 is 1.38 bits per heavy atom. The van der Waals surface area contributed by atoms with Crippen LogP contribution in [0.15, 0.2) is 0 Å². The highest BCUT2D eigenvalue weighted by Gasteiger charge is 2.22. The van der Waals surface area contributed by atoms with E-state index in [2.05, 4.69) is 19.3 Å². The van der Waals surface area contributed by atoms with E-state index < -0.39 is 0 Å². The highest BCUT2D eigenvalue weighted by molar-refractivity contribution is 4.77. The lowest BCUT2D eigenvalue weighted by Gasteiger charge is -2.27. The van der Waals surface area contributed by atoms with Crippen molar-refractivity contribution >= 4 is 0 Å². The molecule has 0 aromatic carbocycles. The number of hydrogen-bond donors (Lipinski definition) is 2. The summed E-state index contributed by atoms with van der Waals surface area (Å²) in [5.74, 6) is 0.536. The number of aliphatic hydroxyl groups is 1. The molecule has 0 aromatic heterocycles. The Morgan fingerprint density at radius 3 is 2.31 bits per heavy atom. The van der Waals surface area contributed by atoms with E-state index in [1.807, 2.05) is 13.8 Å². The monoisotopic (exact) mass is 189 g/mol. The average Bonchev–Trinajstić information content (AvgIpc) is 1.81. The molecule has 0 aliphatic rings. The van der Waals surface area contributed by atoms with Gasteiger partial charge in [0.25, 0.3) is 0 Å². The minimum Gasteiger partial charge on any atom is -0.393 e. The molecule has 0 saturated carbocycles. The van der Waals surface area contributed by atoms with Crippen molar-refractivity contribution in [2.75, 3.05) is 7.11 Å². The van der Waals surface area contributed by atoms with Crippen LogP contribution in [0.3, 0.4) is 0 Å². The van der Waals surface area contributed by atoms with Crippen molar-refractivity contribution in [2.24, 2.45) is 5.92 Å². The molecule has 3 nitrogen and oxygen atoms in total. The number of hydrogen-bond acceptors (Lipinski definition) is 3. The van der Waals surface area contributed by atoms with Gasteiger partial charge in [0.2, 0.25) is 0 Å². The van der Waals surface area contributed by atoms with Crippen LogP contribution in [0.25, 0.3) is 0 Å². The number of rotatable bonds is 6. The summed E-state index contributed by atoms with van der Waals surface area (Å²) in [5.41, 5.74) is 2.70. The minimum atomic E-state index is -0.252. The molecule has 80 valence electrons. The fourth-order valence-corrected chi connectivity index (χ4v) is 1.53. The molecule has 0 bridgehead atoms. The molecule has 2 N–H and O–H groups in total. The number of nitrogens with one attached hydrogen (secondary N) is 1. The van der Waals surface area contributed by atoms with E-state index in [4.69, 9.17) is 4.84 Å². The fraction of sp³-hybridized carbons (Fsp3) is 1.00. The van der Waals surface area contributed by atoms with Crippen molar-refractivity contribution in [1.29, 1.82) is 0 Å². The zero-order chi connectivity index (χ0) is 10.5. The largest absolute Gasteiger partial charge is 0.393 e. The van der Waals surface area contributed by atoms with Crippen LogP contribution < -0.4 is 5.48 Å². The first-order chi connectivity index (χ1) is 5.87. The Balaban J connectivity index is 3.81. The predicted molar refractivity (Wildman–Crippen MR) is 54.3 cm³/mol. The van der Waals surface area contributed by atoms with Gasteiger partial charge in [-0.2, -0.15) is 5.48 Å². The van der Waals surface area contributed by atoms with Gasteiger partial charge in [-0.25, -0.2) is 0 Å². The highest BCUT2D eigenvalue weighted by atomic mass is 16.6. The van der Waals surface area contributed by atoms with E-state index in [1.165, 1.54) is 0 Å². The second kappa shape index (κ2) is 5.58. The first-order valence-corrected chi connectivity index (χ1v) is 4.85. The van der Waals surface area contributed by atoms with Crippen molar-refractivity contribution < 1.29 is 9.94 Å². The summed E-state index contributed by atoms with van der Waals surface area (Å²) in [4.78, 5) is 4.85. The molecular weight excluding hydrogens is 166 g/mol. The zero-order valence-electron chi connectivity index (χ0n) is 9.42. The van der Waals surface area contributed by atoms with E-state index >= 15 is 0 Å². The van der Waals surface area contributed by atoms with E-state index in [0.717, 1.165) is 6.42 Å². The average molecular weight is 189 g/mol. The Labute approximate surface area is 81.4 Å². The van der Waals surface area contributed by atoms with Crippen LogP contribution in [0.1, 0.15) is 40.5 Å². The summed E-state index contributed by atoms with van der Waals surface area (Å²) in [5, 5.41) is 9.69. The quantitative estimate of drug-likeness (QED) is 0.625. The molecule has 0 radical (unpaired) electrons. The third kappa shape index (κ3) is 6.99. The van der Waals surface area contributed by atoms with Gasteiger partial charge in [0.1, 0.15) is 0 Å². The number of aliphatic hydroxyl groups excluding tert-OH is 1. The van der Waals surface area contributed by atoms with Gasteiger partial charge >= 0.3 is 0 Å². The van der Waals surface area contributed by atoms with Crippen LogP contribution in [0.5, 0.6) is 0 Å². The van der Waals surface area contributed by atoms with Crippen LogP contribution in [0, 0.1) is 5.92 Å². The first kappa shape index (κ1) is 12.9. The second-order valence-electron chi connectivity index (χ2n) is 4.68. The van der Waals surface area contributed by atoms with E-state index in [-0.39, 0.29) is 11.6 Å². The Kier molecular flexibility index (Phi) is 5.53. The van der Waals surface area contributed by atoms with Crippen molar-refractivity contribution in [3.05, 3.63) is 0 Å². The normalized spacial score (nSPS) is 15.0. The third-order valence-corrected chi connectivity index (χ3v) is 1.87. The van der Waals surface area contributed by atoms with Crippen LogP contribution in [0.4, 0.5) is 0 Å². The molecule has 0 rings (SSSR count). The van der Waals surface area contributed by atoms with Gasteiger partial charge in [-0.15, -0.1) is 0 Å². The molecule has 0 saturated heterocycles. The van der Waals surface area contributed by atoms with Gasteiger partial charge in [0, 0.05) is 5.54 Å². The Bertz CT molecular complexity index is 135. The van der Waals surface area contributed by atoms with Crippen molar-refractivity contribution in [3.63, 3.8) is 0 Å². The molecule has 1 unspecified atom stereocenters. The third-order valence-electron chi connectivity index (χ3n) is 1.87. The first-order valence-electron chi connectivity index (χ1n) is 4.85. The maximum atomic E-state index is 9.69. The molecule has 0 amide bonds. The van der Waals surface area contributed by atoms with Crippen molar-refractivity contribution in [1.82, 2.24) is 5.48 Å². The van der Waals surface area contributed by atoms with Crippen LogP contribution >= 0.6 is 0 Å². The standard InChI is InChI=1S/C10H23NO2/c1-8(2)6-9(12)7-10(3,4)11-13-5/h8-9,11-12H,6-7H2,1-5H3. The second-order valence-corrected chi connectivity index (χ2v) is 4.68. The summed E-state index contributed by atoms with van der Waals surface area (Å²) in [7, 11) is 1.59. The molecule has 3 heteroatoms. The molecule has 0 heterocycles. The molecular formula is C10H23NO2. The molecule has 13 heavy (non-hydrogen) atoms. The summed E-state index contributed by atoms with van der Waals surface area (Å²) >= 11 is 0. The molecule has 0 aromatic rings. The molecule has 1 atom stereocenters. The Morgan fingerprint density at radius 2 is 1.92 bits per heavy atom. The summed E-state index contributed by atoms with van der Waals surface area (Å²) in [6.07, 6.45) is 1.30. The van der Waals surface area contributed by atoms with Gasteiger partial charge in [0.05, 0.1) is 13.2 Å². The van der Waals surface area contributed by atoms with E-state index in [0.29, 0.717) is 12.3 Å². The van der Waals surface area contributed by atoms with Crippen LogP contribution in [-0.4, -0.2) is 23.9 Å². The van der Waals surface area contributed by atoms with Gasteiger partial charge in [-0.05, 0) is 32.6 Å². The maximum Gasteiger partial charge on any atom is 0.0572 e. The van der Waals surface area contributed by atoms with Gasteiger partial charge in [-0.1, -0.05) is 13.8 Å². The maximum absolute atomic E-state index is 9.69. The van der Waals surface area contributed by atoms with Crippen molar-refractivity contribution in [3.8, 4) is 0 Å². The lowest BCUT2D eigenvalue weighted by atomic mass is 9.93. The van der Waals surface area contributed by atoms with Gasteiger partial charge < -0.3 is 9.94 Å². The zero-order valence-corrected chi connectivity index (χ0v) is 9.42. The van der Waals surface area contributed by atoms with Crippen LogP contribution in [0.2, 0.25) is 0 Å². The van der Waals surface area contributed by atoms with Gasteiger partial charge in [0.15, 0.2) is 0 Å². The highest BCUT2D eigenvalue weighted by Crippen LogP contribution is 2.16. The Hall–Kier alpha value is -0.120. The predicted octanol–water partition coefficient (Wildman–Crippen LogP) is 1.71. The lowest BCUT2D eigenvalue weighted by Crippen LogP contribution is -2.41. The SMILES string of the molecule is CONC(C)(C)CC(O)CC(C)C.